The van der Waals surface area contributed by atoms with Crippen LogP contribution < -0.4 is 0 Å². The van der Waals surface area contributed by atoms with Crippen molar-refractivity contribution in [2.24, 2.45) is 10.4 Å². The van der Waals surface area contributed by atoms with Gasteiger partial charge in [-0.15, -0.1) is 0 Å². The van der Waals surface area contributed by atoms with E-state index in [2.05, 4.69) is 32.5 Å². The van der Waals surface area contributed by atoms with E-state index in [4.69, 9.17) is 0 Å². The van der Waals surface area contributed by atoms with Gasteiger partial charge in [-0.1, -0.05) is 20.8 Å². The van der Waals surface area contributed by atoms with Crippen molar-refractivity contribution in [3.63, 3.8) is 0 Å². The summed E-state index contributed by atoms with van der Waals surface area (Å²) in [5, 5.41) is 0. The number of nitrogens with zero attached hydrogens (tertiary/aromatic N) is 1. The quantitative estimate of drug-likeness (QED) is 0.575. The molecule has 2 heteroatoms. The molecule has 0 aromatic rings. The summed E-state index contributed by atoms with van der Waals surface area (Å²) >= 11 is 0. The highest BCUT2D eigenvalue weighted by Crippen LogP contribution is 2.21. The van der Waals surface area contributed by atoms with Crippen LogP contribution in [0.4, 0.5) is 0 Å². The van der Waals surface area contributed by atoms with Crippen LogP contribution >= 0.6 is 0 Å². The van der Waals surface area contributed by atoms with Crippen molar-refractivity contribution in [3.05, 3.63) is 0 Å². The Morgan fingerprint density at radius 3 is 2.36 bits per heavy atom. The van der Waals surface area contributed by atoms with Crippen molar-refractivity contribution in [2.75, 3.05) is 0 Å². The van der Waals surface area contributed by atoms with E-state index in [1.165, 1.54) is 0 Å². The first-order valence-corrected chi connectivity index (χ1v) is 3.95. The first-order valence-electron chi connectivity index (χ1n) is 3.95. The Morgan fingerprint density at radius 2 is 2.00 bits per heavy atom. The van der Waals surface area contributed by atoms with Gasteiger partial charge in [0.1, 0.15) is 0 Å². The fraction of sp³-hybridized carbons (Fsp3) is 0.778. The molecule has 0 radical (unpaired) electrons. The van der Waals surface area contributed by atoms with E-state index in [-0.39, 0.29) is 5.91 Å². The molecular weight excluding hydrogens is 138 g/mol. The smallest absolute Gasteiger partial charge is 0.245 e. The van der Waals surface area contributed by atoms with Gasteiger partial charge in [-0.25, -0.2) is 4.99 Å². The molecule has 0 rings (SSSR count). The second-order valence-electron chi connectivity index (χ2n) is 3.97. The fourth-order valence-corrected chi connectivity index (χ4v) is 0.849. The van der Waals surface area contributed by atoms with Gasteiger partial charge in [0.15, 0.2) is 0 Å². The van der Waals surface area contributed by atoms with Gasteiger partial charge in [-0.05, 0) is 25.0 Å². The monoisotopic (exact) mass is 155 g/mol. The van der Waals surface area contributed by atoms with Crippen LogP contribution in [0.1, 0.15) is 40.0 Å². The minimum absolute atomic E-state index is 0.0887. The maximum Gasteiger partial charge on any atom is 0.245 e. The molecule has 0 atom stereocenters. The number of aliphatic imine (C=N–C) groups is 1. The molecule has 0 saturated heterocycles. The van der Waals surface area contributed by atoms with Gasteiger partial charge < -0.3 is 0 Å². The number of amides is 1. The molecule has 0 aliphatic heterocycles. The number of rotatable bonds is 3. The van der Waals surface area contributed by atoms with Crippen LogP contribution in [0.5, 0.6) is 0 Å². The Morgan fingerprint density at radius 1 is 1.45 bits per heavy atom. The van der Waals surface area contributed by atoms with Gasteiger partial charge in [0.25, 0.3) is 0 Å². The summed E-state index contributed by atoms with van der Waals surface area (Å²) in [6.45, 7) is 9.67. The topological polar surface area (TPSA) is 29.4 Å². The van der Waals surface area contributed by atoms with Crippen LogP contribution in [0.2, 0.25) is 0 Å². The maximum atomic E-state index is 10.7. The zero-order valence-corrected chi connectivity index (χ0v) is 7.68. The van der Waals surface area contributed by atoms with Crippen LogP contribution in [0.15, 0.2) is 4.99 Å². The van der Waals surface area contributed by atoms with Crippen LogP contribution in [-0.4, -0.2) is 12.6 Å². The van der Waals surface area contributed by atoms with Crippen LogP contribution in [0.25, 0.3) is 0 Å². The fourth-order valence-electron chi connectivity index (χ4n) is 0.849. The van der Waals surface area contributed by atoms with Gasteiger partial charge in [-0.2, -0.15) is 0 Å². The van der Waals surface area contributed by atoms with Crippen molar-refractivity contribution in [1.29, 1.82) is 0 Å². The second kappa shape index (κ2) is 4.27. The van der Waals surface area contributed by atoms with Crippen molar-refractivity contribution >= 4 is 12.6 Å². The summed E-state index contributed by atoms with van der Waals surface area (Å²) in [6, 6.07) is 0. The summed E-state index contributed by atoms with van der Waals surface area (Å²) in [5.41, 5.74) is 0.321. The molecule has 0 unspecified atom stereocenters. The molecule has 0 heterocycles. The SMILES string of the molecule is C=NC(=O)CCCC(C)(C)C. The molecule has 0 aliphatic carbocycles. The highest BCUT2D eigenvalue weighted by Gasteiger charge is 2.09. The van der Waals surface area contributed by atoms with E-state index in [0.717, 1.165) is 12.8 Å². The summed E-state index contributed by atoms with van der Waals surface area (Å²) in [6.07, 6.45) is 2.52. The lowest BCUT2D eigenvalue weighted by Gasteiger charge is -2.16. The van der Waals surface area contributed by atoms with Gasteiger partial charge in [0.2, 0.25) is 5.91 Å². The van der Waals surface area contributed by atoms with Crippen LogP contribution in [0.3, 0.4) is 0 Å². The third kappa shape index (κ3) is 7.23. The third-order valence-corrected chi connectivity index (χ3v) is 1.49. The lowest BCUT2D eigenvalue weighted by Crippen LogP contribution is -2.05. The highest BCUT2D eigenvalue weighted by atomic mass is 16.1. The van der Waals surface area contributed by atoms with Crippen molar-refractivity contribution < 1.29 is 4.79 Å². The molecule has 0 saturated carbocycles. The number of hydrogen-bond donors (Lipinski definition) is 0. The second-order valence-corrected chi connectivity index (χ2v) is 3.97. The first-order chi connectivity index (χ1) is 4.95. The largest absolute Gasteiger partial charge is 0.273 e. The van der Waals surface area contributed by atoms with E-state index in [1.807, 2.05) is 0 Å². The number of hydrogen-bond acceptors (Lipinski definition) is 1. The predicted molar refractivity (Wildman–Crippen MR) is 47.9 cm³/mol. The molecule has 0 aromatic heterocycles. The van der Waals surface area contributed by atoms with Gasteiger partial charge in [0.05, 0.1) is 0 Å². The average Bonchev–Trinajstić information content (AvgIpc) is 1.85. The lowest BCUT2D eigenvalue weighted by atomic mass is 9.90. The summed E-state index contributed by atoms with van der Waals surface area (Å²) < 4.78 is 0. The predicted octanol–water partition coefficient (Wildman–Crippen LogP) is 2.43. The normalized spacial score (nSPS) is 11.2. The molecule has 0 fully saturated rings. The average molecular weight is 155 g/mol. The first kappa shape index (κ1) is 10.3. The van der Waals surface area contributed by atoms with E-state index in [0.29, 0.717) is 11.8 Å². The Bertz CT molecular complexity index is 144. The standard InChI is InChI=1S/C9H17NO/c1-9(2,3)7-5-6-8(11)10-4/h4-7H2,1-3H3. The molecule has 2 nitrogen and oxygen atoms in total. The van der Waals surface area contributed by atoms with Gasteiger partial charge in [-0.3, -0.25) is 4.79 Å². The van der Waals surface area contributed by atoms with Crippen molar-refractivity contribution in [3.8, 4) is 0 Å². The summed E-state index contributed by atoms with van der Waals surface area (Å²) in [5.74, 6) is -0.0887. The third-order valence-electron chi connectivity index (χ3n) is 1.49. The summed E-state index contributed by atoms with van der Waals surface area (Å²) in [4.78, 5) is 14.0. The zero-order chi connectivity index (χ0) is 8.91. The van der Waals surface area contributed by atoms with E-state index < -0.39 is 0 Å². The Balaban J connectivity index is 3.42. The Hall–Kier alpha value is -0.660. The summed E-state index contributed by atoms with van der Waals surface area (Å²) in [7, 11) is 0. The van der Waals surface area contributed by atoms with E-state index in [1.54, 1.807) is 0 Å². The maximum absolute atomic E-state index is 10.7. The van der Waals surface area contributed by atoms with Crippen LogP contribution in [0, 0.1) is 5.41 Å². The van der Waals surface area contributed by atoms with Crippen molar-refractivity contribution in [2.45, 2.75) is 40.0 Å². The molecule has 0 spiro atoms. The minimum atomic E-state index is -0.0887. The minimum Gasteiger partial charge on any atom is -0.273 e. The Kier molecular flexibility index (Phi) is 4.01. The molecule has 0 N–H and O–H groups in total. The molecule has 11 heavy (non-hydrogen) atoms. The van der Waals surface area contributed by atoms with Gasteiger partial charge >= 0.3 is 0 Å². The number of carbonyl (C=O) groups excluding carboxylic acids is 1. The van der Waals surface area contributed by atoms with Crippen molar-refractivity contribution in [1.82, 2.24) is 0 Å². The molecular formula is C9H17NO. The van der Waals surface area contributed by atoms with Gasteiger partial charge in [0, 0.05) is 6.42 Å². The Labute approximate surface area is 68.7 Å². The lowest BCUT2D eigenvalue weighted by molar-refractivity contribution is -0.117. The number of carbonyl (C=O) groups is 1. The highest BCUT2D eigenvalue weighted by molar-refractivity contribution is 5.80. The molecule has 0 aromatic carbocycles. The molecule has 0 bridgehead atoms. The zero-order valence-electron chi connectivity index (χ0n) is 7.68. The molecule has 64 valence electrons. The molecule has 1 amide bonds. The molecule has 0 aliphatic rings. The van der Waals surface area contributed by atoms with E-state index in [9.17, 15) is 4.79 Å². The van der Waals surface area contributed by atoms with E-state index >= 15 is 0 Å². The van der Waals surface area contributed by atoms with Crippen LogP contribution in [-0.2, 0) is 4.79 Å².